The van der Waals surface area contributed by atoms with Crippen molar-refractivity contribution in [2.24, 2.45) is 0 Å². The first-order valence-corrected chi connectivity index (χ1v) is 7.81. The van der Waals surface area contributed by atoms with Crippen LogP contribution in [0.25, 0.3) is 0 Å². The Kier molecular flexibility index (Phi) is 4.09. The van der Waals surface area contributed by atoms with Gasteiger partial charge in [-0.15, -0.1) is 0 Å². The molecule has 1 aliphatic carbocycles. The molecule has 1 amide bonds. The summed E-state index contributed by atoms with van der Waals surface area (Å²) in [7, 11) is 0. The van der Waals surface area contributed by atoms with Gasteiger partial charge in [-0.05, 0) is 55.5 Å². The van der Waals surface area contributed by atoms with Crippen molar-refractivity contribution < 1.29 is 19.1 Å². The standard InChI is InChI=1S/C19H18FNO3/c1-10-3-5-14-12(9-10)4-8-16(14)21-18(22)17-11(2)13(19(23)24)6-7-15(17)20/h3,5-7,9,16H,4,8H2,1-2H3,(H,21,22)(H,23,24). The molecule has 2 aromatic rings. The van der Waals surface area contributed by atoms with Crippen LogP contribution in [-0.2, 0) is 6.42 Å². The van der Waals surface area contributed by atoms with Gasteiger partial charge in [0, 0.05) is 0 Å². The summed E-state index contributed by atoms with van der Waals surface area (Å²) in [6.07, 6.45) is 1.61. The maximum Gasteiger partial charge on any atom is 0.335 e. The number of carboxylic acids is 1. The molecule has 2 N–H and O–H groups in total. The molecule has 5 heteroatoms. The van der Waals surface area contributed by atoms with Gasteiger partial charge in [-0.1, -0.05) is 23.8 Å². The number of amides is 1. The first-order valence-electron chi connectivity index (χ1n) is 7.81. The maximum atomic E-state index is 14.1. The van der Waals surface area contributed by atoms with Crippen LogP contribution < -0.4 is 5.32 Å². The van der Waals surface area contributed by atoms with Crippen LogP contribution in [0.2, 0.25) is 0 Å². The van der Waals surface area contributed by atoms with Crippen LogP contribution in [0.15, 0.2) is 30.3 Å². The van der Waals surface area contributed by atoms with Gasteiger partial charge in [0.25, 0.3) is 5.91 Å². The van der Waals surface area contributed by atoms with Gasteiger partial charge < -0.3 is 10.4 Å². The summed E-state index contributed by atoms with van der Waals surface area (Å²) in [5.41, 5.74) is 3.27. The molecule has 124 valence electrons. The lowest BCUT2D eigenvalue weighted by Crippen LogP contribution is -2.29. The average Bonchev–Trinajstić information content (AvgIpc) is 2.89. The topological polar surface area (TPSA) is 66.4 Å². The number of carbonyl (C=O) groups excluding carboxylic acids is 1. The molecule has 2 aromatic carbocycles. The third-order valence-corrected chi connectivity index (χ3v) is 4.55. The van der Waals surface area contributed by atoms with E-state index in [1.54, 1.807) is 0 Å². The summed E-state index contributed by atoms with van der Waals surface area (Å²) in [6, 6.07) is 8.09. The number of carbonyl (C=O) groups is 2. The summed E-state index contributed by atoms with van der Waals surface area (Å²) < 4.78 is 14.1. The predicted octanol–water partition coefficient (Wildman–Crippen LogP) is 3.56. The number of nitrogens with one attached hydrogen (secondary N) is 1. The minimum Gasteiger partial charge on any atom is -0.478 e. The highest BCUT2D eigenvalue weighted by atomic mass is 19.1. The van der Waals surface area contributed by atoms with E-state index in [-0.39, 0.29) is 22.7 Å². The third kappa shape index (κ3) is 2.77. The summed E-state index contributed by atoms with van der Waals surface area (Å²) in [5.74, 6) is -2.47. The van der Waals surface area contributed by atoms with E-state index >= 15 is 0 Å². The molecule has 0 saturated carbocycles. The fraction of sp³-hybridized carbons (Fsp3) is 0.263. The van der Waals surface area contributed by atoms with E-state index in [4.69, 9.17) is 5.11 Å². The number of aryl methyl sites for hydroxylation is 2. The number of aromatic carboxylic acids is 1. The highest BCUT2D eigenvalue weighted by Crippen LogP contribution is 2.32. The van der Waals surface area contributed by atoms with Gasteiger partial charge in [-0.25, -0.2) is 9.18 Å². The van der Waals surface area contributed by atoms with Gasteiger partial charge in [0.05, 0.1) is 17.2 Å². The molecule has 0 radical (unpaired) electrons. The van der Waals surface area contributed by atoms with E-state index in [1.165, 1.54) is 18.6 Å². The third-order valence-electron chi connectivity index (χ3n) is 4.55. The van der Waals surface area contributed by atoms with Gasteiger partial charge in [0.15, 0.2) is 0 Å². The number of rotatable bonds is 3. The van der Waals surface area contributed by atoms with E-state index in [0.717, 1.165) is 30.0 Å². The number of fused-ring (bicyclic) bond motifs is 1. The predicted molar refractivity (Wildman–Crippen MR) is 87.8 cm³/mol. The van der Waals surface area contributed by atoms with Crippen molar-refractivity contribution >= 4 is 11.9 Å². The summed E-state index contributed by atoms with van der Waals surface area (Å²) in [4.78, 5) is 23.7. The maximum absolute atomic E-state index is 14.1. The minimum atomic E-state index is -1.18. The molecule has 4 nitrogen and oxygen atoms in total. The normalized spacial score (nSPS) is 15.9. The molecule has 1 aliphatic rings. The van der Waals surface area contributed by atoms with Crippen molar-refractivity contribution in [2.75, 3.05) is 0 Å². The van der Waals surface area contributed by atoms with Crippen LogP contribution in [0, 0.1) is 19.7 Å². The van der Waals surface area contributed by atoms with Crippen molar-refractivity contribution in [1.82, 2.24) is 5.32 Å². The summed E-state index contributed by atoms with van der Waals surface area (Å²) >= 11 is 0. The Hall–Kier alpha value is -2.69. The average molecular weight is 327 g/mol. The fourth-order valence-corrected chi connectivity index (χ4v) is 3.32. The monoisotopic (exact) mass is 327 g/mol. The molecule has 0 bridgehead atoms. The second-order valence-electron chi connectivity index (χ2n) is 6.17. The van der Waals surface area contributed by atoms with Gasteiger partial charge in [0.2, 0.25) is 0 Å². The quantitative estimate of drug-likeness (QED) is 0.906. The van der Waals surface area contributed by atoms with E-state index in [9.17, 15) is 14.0 Å². The van der Waals surface area contributed by atoms with Crippen LogP contribution in [0.5, 0.6) is 0 Å². The number of carboxylic acid groups (broad SMARTS) is 1. The van der Waals surface area contributed by atoms with Crippen molar-refractivity contribution in [2.45, 2.75) is 32.7 Å². The number of halogens is 1. The van der Waals surface area contributed by atoms with Crippen LogP contribution in [-0.4, -0.2) is 17.0 Å². The number of hydrogen-bond donors (Lipinski definition) is 2. The molecule has 0 saturated heterocycles. The summed E-state index contributed by atoms with van der Waals surface area (Å²) in [5, 5.41) is 12.0. The van der Waals surface area contributed by atoms with Crippen molar-refractivity contribution in [3.8, 4) is 0 Å². The van der Waals surface area contributed by atoms with E-state index < -0.39 is 17.7 Å². The van der Waals surface area contributed by atoms with Gasteiger partial charge in [0.1, 0.15) is 5.82 Å². The Morgan fingerprint density at radius 3 is 2.67 bits per heavy atom. The molecular formula is C19H18FNO3. The molecule has 24 heavy (non-hydrogen) atoms. The Labute approximate surface area is 139 Å². The van der Waals surface area contributed by atoms with Gasteiger partial charge in [-0.3, -0.25) is 4.79 Å². The Bertz CT molecular complexity index is 845. The second-order valence-corrected chi connectivity index (χ2v) is 6.17. The number of hydrogen-bond acceptors (Lipinski definition) is 2. The molecule has 0 aliphatic heterocycles. The first-order chi connectivity index (χ1) is 11.4. The second kappa shape index (κ2) is 6.07. The van der Waals surface area contributed by atoms with Crippen molar-refractivity contribution in [3.63, 3.8) is 0 Å². The van der Waals surface area contributed by atoms with Gasteiger partial charge in [-0.2, -0.15) is 0 Å². The lowest BCUT2D eigenvalue weighted by Gasteiger charge is -2.16. The van der Waals surface area contributed by atoms with E-state index in [2.05, 4.69) is 11.4 Å². The Balaban J connectivity index is 1.90. The SMILES string of the molecule is Cc1ccc2c(c1)CCC2NC(=O)c1c(F)ccc(C(=O)O)c1C. The van der Waals surface area contributed by atoms with E-state index in [0.29, 0.717) is 0 Å². The molecule has 1 atom stereocenters. The lowest BCUT2D eigenvalue weighted by molar-refractivity contribution is 0.0696. The molecule has 0 fully saturated rings. The highest BCUT2D eigenvalue weighted by molar-refractivity contribution is 6.00. The highest BCUT2D eigenvalue weighted by Gasteiger charge is 2.27. The molecule has 0 aromatic heterocycles. The van der Waals surface area contributed by atoms with Crippen LogP contribution in [0.3, 0.4) is 0 Å². The first kappa shape index (κ1) is 16.2. The largest absolute Gasteiger partial charge is 0.478 e. The molecule has 3 rings (SSSR count). The lowest BCUT2D eigenvalue weighted by atomic mass is 10.00. The van der Waals surface area contributed by atoms with Crippen LogP contribution in [0.4, 0.5) is 4.39 Å². The zero-order valence-corrected chi connectivity index (χ0v) is 13.5. The van der Waals surface area contributed by atoms with Crippen molar-refractivity contribution in [3.05, 3.63) is 69.5 Å². The smallest absolute Gasteiger partial charge is 0.335 e. The molecular weight excluding hydrogens is 309 g/mol. The Morgan fingerprint density at radius 1 is 1.21 bits per heavy atom. The molecule has 1 unspecified atom stereocenters. The van der Waals surface area contributed by atoms with E-state index in [1.807, 2.05) is 19.1 Å². The number of benzene rings is 2. The minimum absolute atomic E-state index is 0.0657. The molecule has 0 spiro atoms. The fourth-order valence-electron chi connectivity index (χ4n) is 3.32. The zero-order valence-electron chi connectivity index (χ0n) is 13.5. The summed E-state index contributed by atoms with van der Waals surface area (Å²) in [6.45, 7) is 3.47. The van der Waals surface area contributed by atoms with Crippen LogP contribution >= 0.6 is 0 Å². The van der Waals surface area contributed by atoms with Crippen LogP contribution in [0.1, 0.15) is 55.4 Å². The van der Waals surface area contributed by atoms with Gasteiger partial charge >= 0.3 is 5.97 Å². The zero-order chi connectivity index (χ0) is 17.4. The molecule has 0 heterocycles. The Morgan fingerprint density at radius 2 is 1.96 bits per heavy atom. The van der Waals surface area contributed by atoms with Crippen molar-refractivity contribution in [1.29, 1.82) is 0 Å².